The SMILES string of the molecule is CC(C)c1ccc(NC(=S)NNC(=O)COc2ccc(Cl)cc2)cc1. The summed E-state index contributed by atoms with van der Waals surface area (Å²) in [6, 6.07) is 14.7. The van der Waals surface area contributed by atoms with E-state index >= 15 is 0 Å². The van der Waals surface area contributed by atoms with E-state index in [9.17, 15) is 4.79 Å². The number of amides is 1. The van der Waals surface area contributed by atoms with Crippen molar-refractivity contribution in [3.8, 4) is 5.75 Å². The van der Waals surface area contributed by atoms with Gasteiger partial charge in [0.15, 0.2) is 11.7 Å². The predicted molar refractivity (Wildman–Crippen MR) is 105 cm³/mol. The number of hydrogen-bond acceptors (Lipinski definition) is 3. The Labute approximate surface area is 157 Å². The van der Waals surface area contributed by atoms with Crippen LogP contribution >= 0.6 is 23.8 Å². The molecule has 132 valence electrons. The minimum Gasteiger partial charge on any atom is -0.484 e. The molecule has 0 radical (unpaired) electrons. The number of nitrogens with one attached hydrogen (secondary N) is 3. The Morgan fingerprint density at radius 2 is 1.72 bits per heavy atom. The molecule has 0 aliphatic carbocycles. The van der Waals surface area contributed by atoms with Gasteiger partial charge in [-0.05, 0) is 60.1 Å². The summed E-state index contributed by atoms with van der Waals surface area (Å²) in [6.45, 7) is 4.13. The van der Waals surface area contributed by atoms with Gasteiger partial charge in [0.1, 0.15) is 5.75 Å². The summed E-state index contributed by atoms with van der Waals surface area (Å²) >= 11 is 10.9. The largest absolute Gasteiger partial charge is 0.484 e. The fraction of sp³-hybridized carbons (Fsp3) is 0.222. The van der Waals surface area contributed by atoms with Crippen LogP contribution in [0, 0.1) is 0 Å². The second-order valence-electron chi connectivity index (χ2n) is 5.65. The number of halogens is 1. The molecule has 2 aromatic rings. The van der Waals surface area contributed by atoms with Crippen molar-refractivity contribution < 1.29 is 9.53 Å². The highest BCUT2D eigenvalue weighted by Crippen LogP contribution is 2.17. The lowest BCUT2D eigenvalue weighted by atomic mass is 10.0. The van der Waals surface area contributed by atoms with Crippen molar-refractivity contribution in [2.75, 3.05) is 11.9 Å². The second kappa shape index (κ2) is 9.25. The van der Waals surface area contributed by atoms with E-state index in [0.717, 1.165) is 5.69 Å². The van der Waals surface area contributed by atoms with E-state index in [1.54, 1.807) is 24.3 Å². The highest BCUT2D eigenvalue weighted by molar-refractivity contribution is 7.80. The molecule has 0 saturated heterocycles. The van der Waals surface area contributed by atoms with Crippen molar-refractivity contribution in [3.63, 3.8) is 0 Å². The van der Waals surface area contributed by atoms with Gasteiger partial charge >= 0.3 is 0 Å². The molecular formula is C18H20ClN3O2S. The summed E-state index contributed by atoms with van der Waals surface area (Å²) in [4.78, 5) is 11.7. The van der Waals surface area contributed by atoms with E-state index in [1.165, 1.54) is 5.56 Å². The van der Waals surface area contributed by atoms with Gasteiger partial charge in [0.25, 0.3) is 5.91 Å². The smallest absolute Gasteiger partial charge is 0.276 e. The number of hydrazine groups is 1. The monoisotopic (exact) mass is 377 g/mol. The lowest BCUT2D eigenvalue weighted by molar-refractivity contribution is -0.123. The van der Waals surface area contributed by atoms with E-state index in [1.807, 2.05) is 24.3 Å². The summed E-state index contributed by atoms with van der Waals surface area (Å²) in [5.41, 5.74) is 7.19. The molecule has 0 aliphatic heterocycles. The number of anilines is 1. The van der Waals surface area contributed by atoms with Crippen molar-refractivity contribution in [1.29, 1.82) is 0 Å². The molecule has 0 atom stereocenters. The van der Waals surface area contributed by atoms with Crippen LogP contribution in [0.25, 0.3) is 0 Å². The number of rotatable bonds is 5. The topological polar surface area (TPSA) is 62.4 Å². The summed E-state index contributed by atoms with van der Waals surface area (Å²) < 4.78 is 5.33. The lowest BCUT2D eigenvalue weighted by Crippen LogP contribution is -2.45. The minimum atomic E-state index is -0.353. The molecular weight excluding hydrogens is 358 g/mol. The zero-order chi connectivity index (χ0) is 18.2. The van der Waals surface area contributed by atoms with Crippen molar-refractivity contribution in [2.45, 2.75) is 19.8 Å². The van der Waals surface area contributed by atoms with Crippen LogP contribution in [0.4, 0.5) is 5.69 Å². The quantitative estimate of drug-likeness (QED) is 0.545. The average molecular weight is 378 g/mol. The van der Waals surface area contributed by atoms with Gasteiger partial charge in [-0.3, -0.25) is 15.6 Å². The first-order chi connectivity index (χ1) is 11.9. The van der Waals surface area contributed by atoms with E-state index in [-0.39, 0.29) is 17.6 Å². The van der Waals surface area contributed by atoms with Gasteiger partial charge in [0, 0.05) is 10.7 Å². The summed E-state index contributed by atoms with van der Waals surface area (Å²) in [5.74, 6) is 0.679. The molecule has 1 amide bonds. The molecule has 3 N–H and O–H groups in total. The van der Waals surface area contributed by atoms with Crippen molar-refractivity contribution in [1.82, 2.24) is 10.9 Å². The Bertz CT molecular complexity index is 718. The zero-order valence-electron chi connectivity index (χ0n) is 14.0. The van der Waals surface area contributed by atoms with Gasteiger partial charge in [-0.1, -0.05) is 37.6 Å². The molecule has 2 rings (SSSR count). The first kappa shape index (κ1) is 19.0. The number of benzene rings is 2. The number of thiocarbonyl (C=S) groups is 1. The van der Waals surface area contributed by atoms with Crippen molar-refractivity contribution >= 4 is 40.5 Å². The minimum absolute atomic E-state index is 0.139. The molecule has 0 fully saturated rings. The first-order valence-electron chi connectivity index (χ1n) is 7.78. The lowest BCUT2D eigenvalue weighted by Gasteiger charge is -2.13. The molecule has 0 spiro atoms. The van der Waals surface area contributed by atoms with Crippen LogP contribution in [0.15, 0.2) is 48.5 Å². The molecule has 0 heterocycles. The fourth-order valence-corrected chi connectivity index (χ4v) is 2.25. The molecule has 0 bridgehead atoms. The van der Waals surface area contributed by atoms with Crippen molar-refractivity contribution in [2.24, 2.45) is 0 Å². The molecule has 25 heavy (non-hydrogen) atoms. The molecule has 2 aromatic carbocycles. The zero-order valence-corrected chi connectivity index (χ0v) is 15.6. The Kier molecular flexibility index (Phi) is 7.03. The first-order valence-corrected chi connectivity index (χ1v) is 8.57. The molecule has 0 aliphatic rings. The summed E-state index contributed by atoms with van der Waals surface area (Å²) in [5, 5.41) is 3.89. The van der Waals surface area contributed by atoms with Crippen LogP contribution in [0.3, 0.4) is 0 Å². The third-order valence-electron chi connectivity index (χ3n) is 3.33. The van der Waals surface area contributed by atoms with Gasteiger partial charge in [-0.25, -0.2) is 0 Å². The predicted octanol–water partition coefficient (Wildman–Crippen LogP) is 3.86. The summed E-state index contributed by atoms with van der Waals surface area (Å²) in [6.07, 6.45) is 0. The number of carbonyl (C=O) groups is 1. The van der Waals surface area contributed by atoms with E-state index in [0.29, 0.717) is 16.7 Å². The van der Waals surface area contributed by atoms with Crippen LogP contribution in [-0.4, -0.2) is 17.6 Å². The van der Waals surface area contributed by atoms with E-state index in [2.05, 4.69) is 30.0 Å². The van der Waals surface area contributed by atoms with Gasteiger partial charge in [-0.15, -0.1) is 0 Å². The maximum Gasteiger partial charge on any atom is 0.276 e. The van der Waals surface area contributed by atoms with E-state index in [4.69, 9.17) is 28.6 Å². The molecule has 5 nitrogen and oxygen atoms in total. The standard InChI is InChI=1S/C18H20ClN3O2S/c1-12(2)13-3-7-15(8-4-13)20-18(25)22-21-17(23)11-24-16-9-5-14(19)6-10-16/h3-10,12H,11H2,1-2H3,(H,21,23)(H2,20,22,25). The van der Waals surface area contributed by atoms with Gasteiger partial charge in [-0.2, -0.15) is 0 Å². The molecule has 0 aromatic heterocycles. The second-order valence-corrected chi connectivity index (χ2v) is 6.49. The highest BCUT2D eigenvalue weighted by Gasteiger charge is 2.04. The number of carbonyl (C=O) groups excluding carboxylic acids is 1. The van der Waals surface area contributed by atoms with Crippen LogP contribution in [0.1, 0.15) is 25.3 Å². The highest BCUT2D eigenvalue weighted by atomic mass is 35.5. The maximum atomic E-state index is 11.7. The Balaban J connectivity index is 1.71. The maximum absolute atomic E-state index is 11.7. The third kappa shape index (κ3) is 6.60. The van der Waals surface area contributed by atoms with Crippen LogP contribution < -0.4 is 20.9 Å². The molecule has 0 saturated carbocycles. The summed E-state index contributed by atoms with van der Waals surface area (Å²) in [7, 11) is 0. The van der Waals surface area contributed by atoms with Crippen molar-refractivity contribution in [3.05, 3.63) is 59.1 Å². The van der Waals surface area contributed by atoms with Crippen LogP contribution in [0.5, 0.6) is 5.75 Å². The Morgan fingerprint density at radius 1 is 1.08 bits per heavy atom. The molecule has 0 unspecified atom stereocenters. The fourth-order valence-electron chi connectivity index (χ4n) is 1.96. The van der Waals surface area contributed by atoms with Gasteiger partial charge in [0.05, 0.1) is 0 Å². The average Bonchev–Trinajstić information content (AvgIpc) is 2.60. The Hall–Kier alpha value is -2.31. The third-order valence-corrected chi connectivity index (χ3v) is 3.79. The normalized spacial score (nSPS) is 10.2. The van der Waals surface area contributed by atoms with Crippen LogP contribution in [-0.2, 0) is 4.79 Å². The van der Waals surface area contributed by atoms with Gasteiger partial charge in [0.2, 0.25) is 0 Å². The van der Waals surface area contributed by atoms with Gasteiger partial charge < -0.3 is 10.1 Å². The Morgan fingerprint density at radius 3 is 2.32 bits per heavy atom. The molecule has 7 heteroatoms. The van der Waals surface area contributed by atoms with Crippen LogP contribution in [0.2, 0.25) is 5.02 Å². The van der Waals surface area contributed by atoms with E-state index < -0.39 is 0 Å². The number of hydrogen-bond donors (Lipinski definition) is 3. The number of ether oxygens (including phenoxy) is 1.